The highest BCUT2D eigenvalue weighted by Gasteiger charge is 2.07. The molecule has 5 heteroatoms. The summed E-state index contributed by atoms with van der Waals surface area (Å²) >= 11 is 0. The largest absolute Gasteiger partial charge is 0.497 e. The van der Waals surface area contributed by atoms with Gasteiger partial charge in [-0.1, -0.05) is 18.2 Å². The number of nitrogens with zero attached hydrogens (tertiary/aromatic N) is 1. The Hall–Kier alpha value is -3.34. The van der Waals surface area contributed by atoms with E-state index in [-0.39, 0.29) is 5.91 Å². The van der Waals surface area contributed by atoms with Crippen LogP contribution in [0.1, 0.15) is 27.2 Å². The monoisotopic (exact) mass is 375 g/mol. The van der Waals surface area contributed by atoms with E-state index in [1.54, 1.807) is 19.4 Å². The summed E-state index contributed by atoms with van der Waals surface area (Å²) < 4.78 is 5.22. The van der Waals surface area contributed by atoms with Crippen LogP contribution >= 0.6 is 0 Å². The Morgan fingerprint density at radius 1 is 1.00 bits per heavy atom. The second-order valence-corrected chi connectivity index (χ2v) is 6.79. The van der Waals surface area contributed by atoms with Crippen LogP contribution in [0.15, 0.2) is 60.8 Å². The standard InChI is InChI=1S/C23H25N3O2/c1-16-11-17(2)13-20(12-16)26-19-7-8-22(25-15-19)23(27)24-10-9-18-5-4-6-21(14-18)28-3/h4-8,11-15,26H,9-10H2,1-3H3,(H,24,27). The minimum atomic E-state index is -0.180. The van der Waals surface area contributed by atoms with E-state index in [1.807, 2.05) is 30.3 Å². The van der Waals surface area contributed by atoms with Crippen LogP contribution in [-0.4, -0.2) is 24.5 Å². The van der Waals surface area contributed by atoms with Crippen molar-refractivity contribution < 1.29 is 9.53 Å². The maximum Gasteiger partial charge on any atom is 0.269 e. The number of aromatic nitrogens is 1. The summed E-state index contributed by atoms with van der Waals surface area (Å²) in [5, 5.41) is 6.23. The summed E-state index contributed by atoms with van der Waals surface area (Å²) in [5.41, 5.74) is 5.76. The summed E-state index contributed by atoms with van der Waals surface area (Å²) in [6.07, 6.45) is 2.41. The van der Waals surface area contributed by atoms with E-state index in [2.05, 4.69) is 47.7 Å². The Bertz CT molecular complexity index is 932. The van der Waals surface area contributed by atoms with Crippen molar-refractivity contribution in [3.8, 4) is 5.75 Å². The highest BCUT2D eigenvalue weighted by atomic mass is 16.5. The van der Waals surface area contributed by atoms with Crippen LogP contribution in [0, 0.1) is 13.8 Å². The molecule has 0 fully saturated rings. The zero-order valence-corrected chi connectivity index (χ0v) is 16.5. The van der Waals surface area contributed by atoms with Gasteiger partial charge in [-0.25, -0.2) is 4.98 Å². The van der Waals surface area contributed by atoms with Gasteiger partial charge < -0.3 is 15.4 Å². The molecule has 1 amide bonds. The average molecular weight is 375 g/mol. The van der Waals surface area contributed by atoms with Gasteiger partial charge in [0, 0.05) is 12.2 Å². The van der Waals surface area contributed by atoms with Gasteiger partial charge in [0.05, 0.1) is 19.0 Å². The van der Waals surface area contributed by atoms with E-state index in [1.165, 1.54) is 11.1 Å². The van der Waals surface area contributed by atoms with Crippen LogP contribution in [0.5, 0.6) is 5.75 Å². The molecular formula is C23H25N3O2. The molecule has 2 aromatic carbocycles. The Labute approximate surface area is 165 Å². The van der Waals surface area contributed by atoms with Crippen LogP contribution < -0.4 is 15.4 Å². The van der Waals surface area contributed by atoms with Gasteiger partial charge in [0.2, 0.25) is 0 Å². The third-order valence-corrected chi connectivity index (χ3v) is 4.34. The van der Waals surface area contributed by atoms with Gasteiger partial charge >= 0.3 is 0 Å². The fourth-order valence-corrected chi connectivity index (χ4v) is 3.05. The molecule has 144 valence electrons. The lowest BCUT2D eigenvalue weighted by Gasteiger charge is -2.09. The molecule has 3 rings (SSSR count). The maximum atomic E-state index is 12.3. The minimum Gasteiger partial charge on any atom is -0.497 e. The first-order valence-electron chi connectivity index (χ1n) is 9.26. The highest BCUT2D eigenvalue weighted by Crippen LogP contribution is 2.19. The number of carbonyl (C=O) groups is 1. The molecule has 1 aromatic heterocycles. The number of anilines is 2. The van der Waals surface area contributed by atoms with Crippen LogP contribution in [-0.2, 0) is 6.42 Å². The van der Waals surface area contributed by atoms with Crippen LogP contribution in [0.3, 0.4) is 0 Å². The number of benzene rings is 2. The second kappa shape index (κ2) is 9.04. The average Bonchev–Trinajstić information content (AvgIpc) is 2.68. The number of hydrogen-bond acceptors (Lipinski definition) is 4. The van der Waals surface area contributed by atoms with E-state index in [0.717, 1.165) is 29.1 Å². The van der Waals surface area contributed by atoms with Crippen molar-refractivity contribution in [1.29, 1.82) is 0 Å². The summed E-state index contributed by atoms with van der Waals surface area (Å²) in [7, 11) is 1.64. The number of methoxy groups -OCH3 is 1. The lowest BCUT2D eigenvalue weighted by Crippen LogP contribution is -2.26. The first-order chi connectivity index (χ1) is 13.5. The number of carbonyl (C=O) groups excluding carboxylic acids is 1. The molecule has 0 saturated heterocycles. The van der Waals surface area contributed by atoms with Crippen molar-refractivity contribution in [2.45, 2.75) is 20.3 Å². The van der Waals surface area contributed by atoms with E-state index >= 15 is 0 Å². The molecule has 0 aliphatic carbocycles. The van der Waals surface area contributed by atoms with Crippen LogP contribution in [0.25, 0.3) is 0 Å². The lowest BCUT2D eigenvalue weighted by molar-refractivity contribution is 0.0949. The molecule has 3 aromatic rings. The first-order valence-corrected chi connectivity index (χ1v) is 9.26. The van der Waals surface area contributed by atoms with Crippen LogP contribution in [0.2, 0.25) is 0 Å². The summed E-state index contributed by atoms with van der Waals surface area (Å²) in [6, 6.07) is 17.7. The molecule has 0 unspecified atom stereocenters. The van der Waals surface area contributed by atoms with Crippen molar-refractivity contribution >= 4 is 17.3 Å². The zero-order valence-electron chi connectivity index (χ0n) is 16.5. The minimum absolute atomic E-state index is 0.180. The van der Waals surface area contributed by atoms with Crippen LogP contribution in [0.4, 0.5) is 11.4 Å². The van der Waals surface area contributed by atoms with Crippen molar-refractivity contribution in [2.75, 3.05) is 19.0 Å². The van der Waals surface area contributed by atoms with Gasteiger partial charge in [-0.15, -0.1) is 0 Å². The normalized spacial score (nSPS) is 10.4. The SMILES string of the molecule is COc1cccc(CCNC(=O)c2ccc(Nc3cc(C)cc(C)c3)cn2)c1. The third kappa shape index (κ3) is 5.33. The maximum absolute atomic E-state index is 12.3. The topological polar surface area (TPSA) is 63.2 Å². The molecule has 0 aliphatic rings. The summed E-state index contributed by atoms with van der Waals surface area (Å²) in [6.45, 7) is 4.67. The molecule has 1 heterocycles. The van der Waals surface area contributed by atoms with Crippen molar-refractivity contribution in [2.24, 2.45) is 0 Å². The van der Waals surface area contributed by atoms with E-state index in [9.17, 15) is 4.79 Å². The first kappa shape index (κ1) is 19.4. The number of ether oxygens (including phenoxy) is 1. The van der Waals surface area contributed by atoms with Crippen molar-refractivity contribution in [1.82, 2.24) is 10.3 Å². The Morgan fingerprint density at radius 3 is 2.46 bits per heavy atom. The molecule has 0 radical (unpaired) electrons. The summed E-state index contributed by atoms with van der Waals surface area (Å²) in [4.78, 5) is 16.6. The lowest BCUT2D eigenvalue weighted by atomic mass is 10.1. The molecular weight excluding hydrogens is 350 g/mol. The van der Waals surface area contributed by atoms with Gasteiger partial charge in [0.25, 0.3) is 5.91 Å². The van der Waals surface area contributed by atoms with Gasteiger partial charge in [-0.3, -0.25) is 4.79 Å². The number of aryl methyl sites for hydroxylation is 2. The molecule has 0 saturated carbocycles. The molecule has 0 atom stereocenters. The fourth-order valence-electron chi connectivity index (χ4n) is 3.05. The number of amides is 1. The highest BCUT2D eigenvalue weighted by molar-refractivity contribution is 5.92. The quantitative estimate of drug-likeness (QED) is 0.641. The summed E-state index contributed by atoms with van der Waals surface area (Å²) in [5.74, 6) is 0.637. The van der Waals surface area contributed by atoms with Gasteiger partial charge in [0.1, 0.15) is 11.4 Å². The molecule has 0 spiro atoms. The second-order valence-electron chi connectivity index (χ2n) is 6.79. The molecule has 2 N–H and O–H groups in total. The molecule has 5 nitrogen and oxygen atoms in total. The van der Waals surface area contributed by atoms with E-state index in [0.29, 0.717) is 12.2 Å². The molecule has 0 aliphatic heterocycles. The molecule has 28 heavy (non-hydrogen) atoms. The van der Waals surface area contributed by atoms with Gasteiger partial charge in [-0.05, 0) is 73.4 Å². The van der Waals surface area contributed by atoms with Crippen molar-refractivity contribution in [3.63, 3.8) is 0 Å². The predicted octanol–water partition coefficient (Wildman–Crippen LogP) is 4.42. The Morgan fingerprint density at radius 2 is 1.79 bits per heavy atom. The van der Waals surface area contributed by atoms with E-state index in [4.69, 9.17) is 4.74 Å². The number of nitrogens with one attached hydrogen (secondary N) is 2. The third-order valence-electron chi connectivity index (χ3n) is 4.34. The smallest absolute Gasteiger partial charge is 0.269 e. The van der Waals surface area contributed by atoms with E-state index < -0.39 is 0 Å². The number of hydrogen-bond donors (Lipinski definition) is 2. The Balaban J connectivity index is 1.54. The predicted molar refractivity (Wildman–Crippen MR) is 112 cm³/mol. The fraction of sp³-hybridized carbons (Fsp3) is 0.217. The molecule has 0 bridgehead atoms. The Kier molecular flexibility index (Phi) is 6.27. The van der Waals surface area contributed by atoms with Crippen molar-refractivity contribution in [3.05, 3.63) is 83.2 Å². The number of pyridine rings is 1. The zero-order chi connectivity index (χ0) is 19.9. The van der Waals surface area contributed by atoms with Gasteiger partial charge in [0.15, 0.2) is 0 Å². The van der Waals surface area contributed by atoms with Gasteiger partial charge in [-0.2, -0.15) is 0 Å². The number of rotatable bonds is 7.